The zero-order chi connectivity index (χ0) is 23.2. The summed E-state index contributed by atoms with van der Waals surface area (Å²) in [5.41, 5.74) is 2.60. The second kappa shape index (κ2) is 10.7. The summed E-state index contributed by atoms with van der Waals surface area (Å²) in [6.07, 6.45) is 9.08. The van der Waals surface area contributed by atoms with Crippen molar-refractivity contribution < 1.29 is 19.0 Å². The summed E-state index contributed by atoms with van der Waals surface area (Å²) < 4.78 is 18.7. The van der Waals surface area contributed by atoms with Crippen molar-refractivity contribution in [3.63, 3.8) is 0 Å². The first-order valence-corrected chi connectivity index (χ1v) is 11.5. The quantitative estimate of drug-likeness (QED) is 0.627. The summed E-state index contributed by atoms with van der Waals surface area (Å²) in [7, 11) is 1.55. The van der Waals surface area contributed by atoms with Gasteiger partial charge in [-0.1, -0.05) is 0 Å². The van der Waals surface area contributed by atoms with E-state index < -0.39 is 0 Å². The van der Waals surface area contributed by atoms with E-state index in [0.717, 1.165) is 43.6 Å². The van der Waals surface area contributed by atoms with Gasteiger partial charge in [-0.3, -0.25) is 4.79 Å². The minimum Gasteiger partial charge on any atom is -0.497 e. The Morgan fingerprint density at radius 3 is 2.61 bits per heavy atom. The Hall–Kier alpha value is -3.13. The van der Waals surface area contributed by atoms with Crippen molar-refractivity contribution in [1.29, 1.82) is 0 Å². The van der Waals surface area contributed by atoms with E-state index in [2.05, 4.69) is 27.4 Å². The summed E-state index contributed by atoms with van der Waals surface area (Å²) in [6, 6.07) is 10.0. The van der Waals surface area contributed by atoms with Gasteiger partial charge in [-0.15, -0.1) is 0 Å². The van der Waals surface area contributed by atoms with Crippen molar-refractivity contribution in [2.45, 2.75) is 50.7 Å². The highest BCUT2D eigenvalue weighted by atomic mass is 19.1. The number of anilines is 1. The van der Waals surface area contributed by atoms with Crippen LogP contribution in [-0.4, -0.2) is 53.0 Å². The lowest BCUT2D eigenvalue weighted by Gasteiger charge is -2.26. The number of carbonyl (C=O) groups excluding carboxylic acids is 1. The highest BCUT2D eigenvalue weighted by Gasteiger charge is 2.23. The van der Waals surface area contributed by atoms with Crippen LogP contribution in [0, 0.1) is 5.82 Å². The molecule has 2 atom stereocenters. The molecule has 2 N–H and O–H groups in total. The van der Waals surface area contributed by atoms with Gasteiger partial charge in [-0.25, -0.2) is 8.91 Å². The molecule has 3 heterocycles. The molecular weight excluding hydrogens is 423 g/mol. The number of hydrogen-bond donors (Lipinski definition) is 2. The number of aliphatic hydroxyl groups excluding tert-OH is 1. The van der Waals surface area contributed by atoms with Crippen LogP contribution in [-0.2, 0) is 0 Å². The lowest BCUT2D eigenvalue weighted by molar-refractivity contribution is 0.0851. The van der Waals surface area contributed by atoms with E-state index in [0.29, 0.717) is 17.7 Å². The number of ether oxygens (including phenoxy) is 1. The molecule has 7 nitrogen and oxygen atoms in total. The fraction of sp³-hybridized carbons (Fsp3) is 0.440. The van der Waals surface area contributed by atoms with E-state index in [4.69, 9.17) is 4.74 Å². The number of amides is 1. The molecule has 176 valence electrons. The number of pyridine rings is 1. The normalized spacial score (nSPS) is 20.3. The molecule has 0 radical (unpaired) electrons. The first kappa shape index (κ1) is 23.0. The van der Waals surface area contributed by atoms with Gasteiger partial charge < -0.3 is 20.1 Å². The van der Waals surface area contributed by atoms with Crippen LogP contribution in [0.25, 0.3) is 5.52 Å². The van der Waals surface area contributed by atoms with E-state index in [-0.39, 0.29) is 23.9 Å². The van der Waals surface area contributed by atoms with E-state index in [1.807, 2.05) is 6.20 Å². The van der Waals surface area contributed by atoms with Gasteiger partial charge in [0.1, 0.15) is 11.6 Å². The number of fused-ring (bicyclic) bond motifs is 1. The number of methoxy groups -OCH3 is 1. The van der Waals surface area contributed by atoms with E-state index in [9.17, 15) is 14.3 Å². The summed E-state index contributed by atoms with van der Waals surface area (Å²) in [5, 5.41) is 17.1. The van der Waals surface area contributed by atoms with E-state index in [1.54, 1.807) is 30.0 Å². The number of aromatic nitrogens is 2. The molecule has 1 aromatic carbocycles. The SMILES string of the molecule is COc1ccc(F)cc1.O=C(NC1CCCC(O)C1)c1cnn2ccc(N3CCCC3)cc12. The predicted octanol–water partition coefficient (Wildman–Crippen LogP) is 3.80. The maximum absolute atomic E-state index is 12.7. The van der Waals surface area contributed by atoms with Crippen molar-refractivity contribution in [2.24, 2.45) is 0 Å². The van der Waals surface area contributed by atoms with Gasteiger partial charge in [0, 0.05) is 31.0 Å². The van der Waals surface area contributed by atoms with Crippen molar-refractivity contribution in [2.75, 3.05) is 25.1 Å². The number of hydrogen-bond acceptors (Lipinski definition) is 5. The Bertz CT molecular complexity index is 1060. The largest absolute Gasteiger partial charge is 0.497 e. The smallest absolute Gasteiger partial charge is 0.255 e. The standard InChI is InChI=1S/C18H24N4O2.C7H7FO/c23-15-5-3-4-13(10-15)20-18(24)16-12-19-22-9-6-14(11-17(16)22)21-7-1-2-8-21;1-9-7-4-2-6(8)3-5-7/h6,9,11-13,15,23H,1-5,7-8,10H2,(H,20,24);2-5H,1H3. The summed E-state index contributed by atoms with van der Waals surface area (Å²) in [4.78, 5) is 15.0. The Kier molecular flexibility index (Phi) is 7.44. The van der Waals surface area contributed by atoms with Gasteiger partial charge in [0.15, 0.2) is 0 Å². The average molecular weight is 455 g/mol. The Balaban J connectivity index is 0.000000243. The number of carbonyl (C=O) groups is 1. The van der Waals surface area contributed by atoms with Crippen LogP contribution in [0.15, 0.2) is 48.8 Å². The molecule has 2 fully saturated rings. The third kappa shape index (κ3) is 5.82. The molecule has 5 rings (SSSR count). The minimum absolute atomic E-state index is 0.0537. The Morgan fingerprint density at radius 1 is 1.15 bits per heavy atom. The van der Waals surface area contributed by atoms with Gasteiger partial charge in [0.25, 0.3) is 5.91 Å². The topological polar surface area (TPSA) is 79.1 Å². The second-order valence-electron chi connectivity index (χ2n) is 8.62. The number of rotatable bonds is 4. The van der Waals surface area contributed by atoms with Crippen molar-refractivity contribution >= 4 is 17.1 Å². The van der Waals surface area contributed by atoms with Crippen LogP contribution >= 0.6 is 0 Å². The van der Waals surface area contributed by atoms with Gasteiger partial charge in [-0.2, -0.15) is 5.10 Å². The highest BCUT2D eigenvalue weighted by Crippen LogP contribution is 2.24. The van der Waals surface area contributed by atoms with E-state index in [1.165, 1.54) is 25.0 Å². The Morgan fingerprint density at radius 2 is 1.91 bits per heavy atom. The molecule has 33 heavy (non-hydrogen) atoms. The van der Waals surface area contributed by atoms with Gasteiger partial charge in [-0.05, 0) is 74.9 Å². The van der Waals surface area contributed by atoms with Gasteiger partial charge in [0.05, 0.1) is 30.5 Å². The fourth-order valence-corrected chi connectivity index (χ4v) is 4.45. The maximum Gasteiger partial charge on any atom is 0.255 e. The summed E-state index contributed by atoms with van der Waals surface area (Å²) in [6.45, 7) is 2.15. The molecule has 2 aromatic heterocycles. The molecular formula is C25H31FN4O3. The predicted molar refractivity (Wildman–Crippen MR) is 125 cm³/mol. The number of aliphatic hydroxyl groups is 1. The fourth-order valence-electron chi connectivity index (χ4n) is 4.45. The molecule has 1 saturated carbocycles. The molecule has 0 bridgehead atoms. The zero-order valence-corrected chi connectivity index (χ0v) is 18.9. The van der Waals surface area contributed by atoms with Gasteiger partial charge >= 0.3 is 0 Å². The monoisotopic (exact) mass is 454 g/mol. The molecule has 2 aliphatic rings. The summed E-state index contributed by atoms with van der Waals surface area (Å²) >= 11 is 0. The maximum atomic E-state index is 12.7. The first-order valence-electron chi connectivity index (χ1n) is 11.5. The molecule has 2 unspecified atom stereocenters. The minimum atomic E-state index is -0.297. The molecule has 8 heteroatoms. The lowest BCUT2D eigenvalue weighted by atomic mass is 9.93. The van der Waals surface area contributed by atoms with E-state index >= 15 is 0 Å². The Labute approximate surface area is 193 Å². The third-order valence-electron chi connectivity index (χ3n) is 6.25. The highest BCUT2D eigenvalue weighted by molar-refractivity contribution is 6.01. The first-order chi connectivity index (χ1) is 16.0. The van der Waals surface area contributed by atoms with Gasteiger partial charge in [0.2, 0.25) is 0 Å². The number of benzene rings is 1. The van der Waals surface area contributed by atoms with Crippen LogP contribution in [0.1, 0.15) is 48.9 Å². The molecule has 1 saturated heterocycles. The van der Waals surface area contributed by atoms with Crippen molar-refractivity contribution in [3.8, 4) is 5.75 Å². The average Bonchev–Trinajstić information content (AvgIpc) is 3.50. The van der Waals surface area contributed by atoms with Crippen molar-refractivity contribution in [1.82, 2.24) is 14.9 Å². The van der Waals surface area contributed by atoms with Crippen LogP contribution in [0.4, 0.5) is 10.1 Å². The van der Waals surface area contributed by atoms with Crippen LogP contribution < -0.4 is 15.0 Å². The summed E-state index contributed by atoms with van der Waals surface area (Å²) in [5.74, 6) is 0.342. The lowest BCUT2D eigenvalue weighted by Crippen LogP contribution is -2.39. The van der Waals surface area contributed by atoms with Crippen LogP contribution in [0.2, 0.25) is 0 Å². The number of nitrogens with one attached hydrogen (secondary N) is 1. The van der Waals surface area contributed by atoms with Crippen LogP contribution in [0.3, 0.4) is 0 Å². The molecule has 1 amide bonds. The molecule has 1 aliphatic carbocycles. The second-order valence-corrected chi connectivity index (χ2v) is 8.62. The third-order valence-corrected chi connectivity index (χ3v) is 6.25. The number of nitrogens with zero attached hydrogens (tertiary/aromatic N) is 3. The molecule has 1 aliphatic heterocycles. The van der Waals surface area contributed by atoms with Crippen LogP contribution in [0.5, 0.6) is 5.75 Å². The zero-order valence-electron chi connectivity index (χ0n) is 18.9. The van der Waals surface area contributed by atoms with Crippen molar-refractivity contribution in [3.05, 3.63) is 60.2 Å². The molecule has 0 spiro atoms. The number of halogens is 1. The molecule has 3 aromatic rings.